The van der Waals surface area contributed by atoms with Crippen molar-refractivity contribution in [2.24, 2.45) is 11.8 Å². The zero-order valence-electron chi connectivity index (χ0n) is 16.6. The molecule has 0 aromatic heterocycles. The summed E-state index contributed by atoms with van der Waals surface area (Å²) in [6, 6.07) is 8.25. The van der Waals surface area contributed by atoms with E-state index in [1.807, 2.05) is 12.1 Å². The molecule has 2 saturated heterocycles. The Hall–Kier alpha value is -1.75. The lowest BCUT2D eigenvalue weighted by atomic mass is 9.75. The zero-order chi connectivity index (χ0) is 18.6. The number of hydrogen-bond donors (Lipinski definition) is 0. The monoisotopic (exact) mass is 371 g/mol. The van der Waals surface area contributed by atoms with Crippen LogP contribution in [0.1, 0.15) is 32.1 Å². The van der Waals surface area contributed by atoms with Gasteiger partial charge in [0.1, 0.15) is 5.75 Å². The minimum atomic E-state index is 0.342. The molecule has 1 saturated carbocycles. The number of piperidine rings is 1. The van der Waals surface area contributed by atoms with Crippen molar-refractivity contribution < 1.29 is 9.53 Å². The molecule has 27 heavy (non-hydrogen) atoms. The normalized spacial score (nSPS) is 26.6. The maximum Gasteiger partial charge on any atom is 0.236 e. The van der Waals surface area contributed by atoms with Gasteiger partial charge in [0, 0.05) is 51.0 Å². The molecule has 0 unspecified atom stereocenters. The number of hydrogen-bond acceptors (Lipinski definition) is 4. The molecule has 2 atom stereocenters. The summed E-state index contributed by atoms with van der Waals surface area (Å²) in [5, 5.41) is 0. The number of anilines is 1. The average molecular weight is 372 g/mol. The van der Waals surface area contributed by atoms with Gasteiger partial charge in [-0.2, -0.15) is 0 Å². The number of ether oxygens (including phenoxy) is 1. The Balaban J connectivity index is 1.26. The average Bonchev–Trinajstić information content (AvgIpc) is 2.74. The second-order valence-electron chi connectivity index (χ2n) is 8.40. The van der Waals surface area contributed by atoms with Gasteiger partial charge in [-0.3, -0.25) is 9.69 Å². The molecule has 2 aliphatic heterocycles. The first-order chi connectivity index (χ1) is 13.2. The first kappa shape index (κ1) is 18.6. The minimum Gasteiger partial charge on any atom is -0.497 e. The van der Waals surface area contributed by atoms with E-state index in [-0.39, 0.29) is 0 Å². The van der Waals surface area contributed by atoms with E-state index in [4.69, 9.17) is 4.74 Å². The molecule has 3 fully saturated rings. The topological polar surface area (TPSA) is 36.0 Å². The highest BCUT2D eigenvalue weighted by Crippen LogP contribution is 2.36. The van der Waals surface area contributed by atoms with Crippen molar-refractivity contribution in [2.75, 3.05) is 57.8 Å². The molecule has 148 valence electrons. The van der Waals surface area contributed by atoms with E-state index in [9.17, 15) is 4.79 Å². The van der Waals surface area contributed by atoms with Gasteiger partial charge in [-0.25, -0.2) is 0 Å². The third kappa shape index (κ3) is 4.40. The largest absolute Gasteiger partial charge is 0.497 e. The van der Waals surface area contributed by atoms with Gasteiger partial charge in [0.15, 0.2) is 0 Å². The van der Waals surface area contributed by atoms with Crippen LogP contribution in [0, 0.1) is 11.8 Å². The SMILES string of the molecule is COc1cccc(N2CCN(CC(=O)N3CC[C@H]4CCCC[C@@H]4C3)CC2)c1. The van der Waals surface area contributed by atoms with Gasteiger partial charge in [0.2, 0.25) is 5.91 Å². The van der Waals surface area contributed by atoms with Gasteiger partial charge < -0.3 is 14.5 Å². The Morgan fingerprint density at radius 3 is 2.59 bits per heavy atom. The molecule has 1 aromatic rings. The van der Waals surface area contributed by atoms with Gasteiger partial charge in [-0.15, -0.1) is 0 Å². The maximum atomic E-state index is 12.8. The van der Waals surface area contributed by atoms with Crippen LogP contribution in [0.3, 0.4) is 0 Å². The predicted molar refractivity (Wildman–Crippen MR) is 108 cm³/mol. The van der Waals surface area contributed by atoms with E-state index >= 15 is 0 Å². The molecule has 0 spiro atoms. The van der Waals surface area contributed by atoms with Crippen molar-refractivity contribution in [2.45, 2.75) is 32.1 Å². The summed E-state index contributed by atoms with van der Waals surface area (Å²) < 4.78 is 5.34. The lowest BCUT2D eigenvalue weighted by molar-refractivity contribution is -0.135. The van der Waals surface area contributed by atoms with Gasteiger partial charge >= 0.3 is 0 Å². The van der Waals surface area contributed by atoms with Gasteiger partial charge in [0.05, 0.1) is 13.7 Å². The number of fused-ring (bicyclic) bond motifs is 1. The molecule has 1 aromatic carbocycles. The molecule has 5 heteroatoms. The number of benzene rings is 1. The van der Waals surface area contributed by atoms with Crippen LogP contribution >= 0.6 is 0 Å². The molecule has 0 N–H and O–H groups in total. The lowest BCUT2D eigenvalue weighted by Gasteiger charge is -2.42. The van der Waals surface area contributed by atoms with Crippen molar-refractivity contribution in [3.63, 3.8) is 0 Å². The van der Waals surface area contributed by atoms with Crippen molar-refractivity contribution in [1.29, 1.82) is 0 Å². The Morgan fingerprint density at radius 1 is 1.04 bits per heavy atom. The number of methoxy groups -OCH3 is 1. The van der Waals surface area contributed by atoms with Crippen LogP contribution in [0.5, 0.6) is 5.75 Å². The van der Waals surface area contributed by atoms with E-state index in [0.29, 0.717) is 12.5 Å². The minimum absolute atomic E-state index is 0.342. The fourth-order valence-electron chi connectivity index (χ4n) is 5.09. The number of likely N-dealkylation sites (tertiary alicyclic amines) is 1. The summed E-state index contributed by atoms with van der Waals surface area (Å²) >= 11 is 0. The fourth-order valence-corrected chi connectivity index (χ4v) is 5.09. The van der Waals surface area contributed by atoms with Crippen LogP contribution in [0.2, 0.25) is 0 Å². The number of rotatable bonds is 4. The summed E-state index contributed by atoms with van der Waals surface area (Å²) in [6.07, 6.45) is 6.69. The molecule has 0 bridgehead atoms. The second-order valence-corrected chi connectivity index (χ2v) is 8.40. The smallest absolute Gasteiger partial charge is 0.236 e. The molecular weight excluding hydrogens is 338 g/mol. The quantitative estimate of drug-likeness (QED) is 0.815. The van der Waals surface area contributed by atoms with Gasteiger partial charge in [-0.1, -0.05) is 25.3 Å². The standard InChI is InChI=1S/C22H33N3O2/c1-27-21-8-4-7-20(15-21)24-13-11-23(12-14-24)17-22(26)25-10-9-18-5-2-3-6-19(18)16-25/h4,7-8,15,18-19H,2-3,5-6,9-14,16-17H2,1H3/t18-,19-/m1/s1. The fraction of sp³-hybridized carbons (Fsp3) is 0.682. The van der Waals surface area contributed by atoms with E-state index in [1.54, 1.807) is 7.11 Å². The Labute approximate surface area is 163 Å². The highest BCUT2D eigenvalue weighted by atomic mass is 16.5. The maximum absolute atomic E-state index is 12.8. The van der Waals surface area contributed by atoms with Crippen molar-refractivity contribution in [1.82, 2.24) is 9.80 Å². The molecular formula is C22H33N3O2. The van der Waals surface area contributed by atoms with Crippen LogP contribution in [0.4, 0.5) is 5.69 Å². The molecule has 3 aliphatic rings. The highest BCUT2D eigenvalue weighted by molar-refractivity contribution is 5.78. The third-order valence-corrected chi connectivity index (χ3v) is 6.79. The van der Waals surface area contributed by atoms with E-state index < -0.39 is 0 Å². The number of piperazine rings is 1. The van der Waals surface area contributed by atoms with E-state index in [2.05, 4.69) is 26.8 Å². The summed E-state index contributed by atoms with van der Waals surface area (Å²) in [7, 11) is 1.71. The molecule has 1 aliphatic carbocycles. The zero-order valence-corrected chi connectivity index (χ0v) is 16.6. The Kier molecular flexibility index (Phi) is 5.86. The van der Waals surface area contributed by atoms with E-state index in [0.717, 1.165) is 56.9 Å². The number of amides is 1. The summed E-state index contributed by atoms with van der Waals surface area (Å²) in [4.78, 5) is 19.7. The van der Waals surface area contributed by atoms with Crippen molar-refractivity contribution >= 4 is 11.6 Å². The Bertz CT molecular complexity index is 642. The lowest BCUT2D eigenvalue weighted by Crippen LogP contribution is -2.52. The number of nitrogens with zero attached hydrogens (tertiary/aromatic N) is 3. The van der Waals surface area contributed by atoms with Crippen LogP contribution < -0.4 is 9.64 Å². The van der Waals surface area contributed by atoms with Crippen molar-refractivity contribution in [3.8, 4) is 5.75 Å². The number of carbonyl (C=O) groups is 1. The summed E-state index contributed by atoms with van der Waals surface area (Å²) in [5.41, 5.74) is 1.21. The predicted octanol–water partition coefficient (Wildman–Crippen LogP) is 2.86. The van der Waals surface area contributed by atoms with Gasteiger partial charge in [-0.05, 0) is 36.8 Å². The molecule has 2 heterocycles. The van der Waals surface area contributed by atoms with Crippen molar-refractivity contribution in [3.05, 3.63) is 24.3 Å². The molecule has 1 amide bonds. The first-order valence-electron chi connectivity index (χ1n) is 10.6. The van der Waals surface area contributed by atoms with E-state index in [1.165, 1.54) is 37.8 Å². The second kappa shape index (κ2) is 8.51. The highest BCUT2D eigenvalue weighted by Gasteiger charge is 2.33. The molecule has 0 radical (unpaired) electrons. The van der Waals surface area contributed by atoms with Crippen LogP contribution in [0.15, 0.2) is 24.3 Å². The first-order valence-corrected chi connectivity index (χ1v) is 10.6. The third-order valence-electron chi connectivity index (χ3n) is 6.79. The molecule has 4 rings (SSSR count). The van der Waals surface area contributed by atoms with Crippen LogP contribution in [0.25, 0.3) is 0 Å². The molecule has 5 nitrogen and oxygen atoms in total. The van der Waals surface area contributed by atoms with Crippen LogP contribution in [-0.4, -0.2) is 68.6 Å². The number of carbonyl (C=O) groups excluding carboxylic acids is 1. The van der Waals surface area contributed by atoms with Crippen LogP contribution in [-0.2, 0) is 4.79 Å². The summed E-state index contributed by atoms with van der Waals surface area (Å²) in [5.74, 6) is 2.89. The Morgan fingerprint density at radius 2 is 1.81 bits per heavy atom. The van der Waals surface area contributed by atoms with Gasteiger partial charge in [0.25, 0.3) is 0 Å². The summed E-state index contributed by atoms with van der Waals surface area (Å²) in [6.45, 7) is 6.39.